The molecule has 0 unspecified atom stereocenters. The molecule has 8 heteroatoms. The van der Waals surface area contributed by atoms with Crippen LogP contribution in [0, 0.1) is 0 Å². The number of thioether (sulfide) groups is 1. The van der Waals surface area contributed by atoms with E-state index in [1.165, 1.54) is 11.8 Å². The van der Waals surface area contributed by atoms with Gasteiger partial charge in [0.2, 0.25) is 5.89 Å². The van der Waals surface area contributed by atoms with E-state index in [0.717, 1.165) is 11.3 Å². The monoisotopic (exact) mass is 374 g/mol. The minimum Gasteiger partial charge on any atom is -0.493 e. The van der Waals surface area contributed by atoms with Crippen LogP contribution in [-0.4, -0.2) is 26.9 Å². The normalized spacial score (nSPS) is 13.0. The Bertz CT molecular complexity index is 869. The zero-order valence-electron chi connectivity index (χ0n) is 15.5. The van der Waals surface area contributed by atoms with Gasteiger partial charge < -0.3 is 13.7 Å². The molecule has 0 fully saturated rings. The Hall–Kier alpha value is -2.35. The third-order valence-electron chi connectivity index (χ3n) is 3.56. The van der Waals surface area contributed by atoms with Crippen LogP contribution in [0.25, 0.3) is 11.5 Å². The van der Waals surface area contributed by atoms with E-state index in [1.807, 2.05) is 58.9 Å². The molecule has 2 aromatic heterocycles. The second kappa shape index (κ2) is 7.49. The van der Waals surface area contributed by atoms with E-state index in [1.54, 1.807) is 0 Å². The molecule has 0 aliphatic heterocycles. The Kier molecular flexibility index (Phi) is 5.31. The fourth-order valence-corrected chi connectivity index (χ4v) is 2.91. The molecule has 1 aromatic carbocycles. The molecule has 3 rings (SSSR count). The van der Waals surface area contributed by atoms with Crippen molar-refractivity contribution < 1.29 is 13.7 Å². The number of rotatable bonds is 6. The maximum absolute atomic E-state index is 5.79. The van der Waals surface area contributed by atoms with Gasteiger partial charge >= 0.3 is 0 Å². The highest BCUT2D eigenvalue weighted by Crippen LogP contribution is 2.36. The Morgan fingerprint density at radius 3 is 2.65 bits per heavy atom. The van der Waals surface area contributed by atoms with E-state index >= 15 is 0 Å². The zero-order valence-corrected chi connectivity index (χ0v) is 16.3. The first-order valence-electron chi connectivity index (χ1n) is 8.45. The summed E-state index contributed by atoms with van der Waals surface area (Å²) in [5.74, 6) is 2.35. The molecule has 0 aliphatic carbocycles. The van der Waals surface area contributed by atoms with E-state index in [-0.39, 0.29) is 10.7 Å². The third kappa shape index (κ3) is 4.07. The Labute approximate surface area is 156 Å². The van der Waals surface area contributed by atoms with Crippen molar-refractivity contribution in [2.75, 3.05) is 6.61 Å². The summed E-state index contributed by atoms with van der Waals surface area (Å²) in [6.45, 7) is 10.6. The summed E-state index contributed by atoms with van der Waals surface area (Å²) < 4.78 is 16.8. The highest BCUT2D eigenvalue weighted by atomic mass is 32.2. The third-order valence-corrected chi connectivity index (χ3v) is 4.48. The van der Waals surface area contributed by atoms with Gasteiger partial charge in [0.1, 0.15) is 5.75 Å². The number of hydrogen-bond acceptors (Lipinski definition) is 8. The van der Waals surface area contributed by atoms with Crippen molar-refractivity contribution in [2.24, 2.45) is 0 Å². The Morgan fingerprint density at radius 1 is 1.19 bits per heavy atom. The Morgan fingerprint density at radius 2 is 1.96 bits per heavy atom. The average Bonchev–Trinajstić information content (AvgIpc) is 3.24. The van der Waals surface area contributed by atoms with Crippen molar-refractivity contribution in [1.29, 1.82) is 0 Å². The maximum Gasteiger partial charge on any atom is 0.277 e. The molecular formula is C18H22N4O3S. The predicted octanol–water partition coefficient (Wildman–Crippen LogP) is 4.67. The van der Waals surface area contributed by atoms with Crippen molar-refractivity contribution in [1.82, 2.24) is 20.3 Å². The molecule has 3 aromatic rings. The summed E-state index contributed by atoms with van der Waals surface area (Å²) in [5, 5.41) is 12.6. The SMILES string of the molecule is CCOc1ccccc1-c1nnc(S[C@@H](C)c2nc(C(C)(C)C)no2)o1. The number of para-hydroxylation sites is 1. The van der Waals surface area contributed by atoms with Gasteiger partial charge in [0.25, 0.3) is 11.1 Å². The summed E-state index contributed by atoms with van der Waals surface area (Å²) in [7, 11) is 0. The molecule has 26 heavy (non-hydrogen) atoms. The number of hydrogen-bond donors (Lipinski definition) is 0. The van der Waals surface area contributed by atoms with E-state index in [9.17, 15) is 0 Å². The molecule has 0 radical (unpaired) electrons. The van der Waals surface area contributed by atoms with Gasteiger partial charge in [-0.15, -0.1) is 10.2 Å². The van der Waals surface area contributed by atoms with Crippen molar-refractivity contribution in [2.45, 2.75) is 50.5 Å². The van der Waals surface area contributed by atoms with Crippen LogP contribution in [-0.2, 0) is 5.41 Å². The van der Waals surface area contributed by atoms with Gasteiger partial charge in [-0.3, -0.25) is 0 Å². The van der Waals surface area contributed by atoms with Crippen molar-refractivity contribution in [3.05, 3.63) is 36.0 Å². The second-order valence-electron chi connectivity index (χ2n) is 6.77. The first-order chi connectivity index (χ1) is 12.4. The van der Waals surface area contributed by atoms with Gasteiger partial charge in [-0.1, -0.05) is 49.8 Å². The highest BCUT2D eigenvalue weighted by Gasteiger charge is 2.25. The smallest absolute Gasteiger partial charge is 0.277 e. The highest BCUT2D eigenvalue weighted by molar-refractivity contribution is 7.99. The molecule has 1 atom stereocenters. The van der Waals surface area contributed by atoms with Crippen LogP contribution in [0.2, 0.25) is 0 Å². The zero-order chi connectivity index (χ0) is 18.7. The predicted molar refractivity (Wildman–Crippen MR) is 98.2 cm³/mol. The summed E-state index contributed by atoms with van der Waals surface area (Å²) >= 11 is 1.38. The standard InChI is InChI=1S/C18H22N4O3S/c1-6-23-13-10-8-7-9-12(13)15-20-21-17(24-15)26-11(2)14-19-16(22-25-14)18(3,4)5/h7-11H,6H2,1-5H3/t11-/m0/s1. The minimum atomic E-state index is -0.160. The number of aromatic nitrogens is 4. The molecule has 0 spiro atoms. The first-order valence-corrected chi connectivity index (χ1v) is 9.33. The van der Waals surface area contributed by atoms with Crippen LogP contribution in [0.3, 0.4) is 0 Å². The molecule has 0 aliphatic rings. The van der Waals surface area contributed by atoms with Crippen LogP contribution >= 0.6 is 11.8 Å². The molecule has 0 saturated carbocycles. The van der Waals surface area contributed by atoms with Crippen LogP contribution in [0.1, 0.15) is 51.6 Å². The van der Waals surface area contributed by atoms with E-state index < -0.39 is 0 Å². The maximum atomic E-state index is 5.79. The van der Waals surface area contributed by atoms with Crippen LogP contribution in [0.4, 0.5) is 0 Å². The lowest BCUT2D eigenvalue weighted by atomic mass is 9.96. The van der Waals surface area contributed by atoms with E-state index in [2.05, 4.69) is 20.3 Å². The average molecular weight is 374 g/mol. The van der Waals surface area contributed by atoms with Gasteiger partial charge in [-0.25, -0.2) is 0 Å². The largest absolute Gasteiger partial charge is 0.493 e. The Balaban J connectivity index is 1.75. The van der Waals surface area contributed by atoms with Crippen LogP contribution in [0.5, 0.6) is 5.75 Å². The summed E-state index contributed by atoms with van der Waals surface area (Å²) in [5.41, 5.74) is 0.612. The molecular weight excluding hydrogens is 352 g/mol. The quantitative estimate of drug-likeness (QED) is 0.575. The summed E-state index contributed by atoms with van der Waals surface area (Å²) in [6, 6.07) is 7.59. The molecule has 138 valence electrons. The number of ether oxygens (including phenoxy) is 1. The molecule has 0 amide bonds. The molecule has 2 heterocycles. The van der Waals surface area contributed by atoms with Gasteiger partial charge in [-0.2, -0.15) is 4.98 Å². The molecule has 7 nitrogen and oxygen atoms in total. The van der Waals surface area contributed by atoms with E-state index in [4.69, 9.17) is 13.7 Å². The van der Waals surface area contributed by atoms with Crippen LogP contribution in [0.15, 0.2) is 38.4 Å². The lowest BCUT2D eigenvalue weighted by Gasteiger charge is -2.11. The molecule has 0 bridgehead atoms. The van der Waals surface area contributed by atoms with Gasteiger partial charge in [0.15, 0.2) is 5.82 Å². The molecule has 0 saturated heterocycles. The lowest BCUT2D eigenvalue weighted by Crippen LogP contribution is -2.13. The first kappa shape index (κ1) is 18.4. The minimum absolute atomic E-state index is 0.103. The van der Waals surface area contributed by atoms with Crippen LogP contribution < -0.4 is 4.74 Å². The van der Waals surface area contributed by atoms with E-state index in [0.29, 0.717) is 29.4 Å². The van der Waals surface area contributed by atoms with Crippen molar-refractivity contribution >= 4 is 11.8 Å². The lowest BCUT2D eigenvalue weighted by molar-refractivity contribution is 0.340. The van der Waals surface area contributed by atoms with Gasteiger partial charge in [0, 0.05) is 5.41 Å². The fourth-order valence-electron chi connectivity index (χ4n) is 2.20. The van der Waals surface area contributed by atoms with Gasteiger partial charge in [-0.05, 0) is 26.0 Å². The van der Waals surface area contributed by atoms with Crippen molar-refractivity contribution in [3.8, 4) is 17.2 Å². The topological polar surface area (TPSA) is 87.1 Å². The second-order valence-corrected chi connectivity index (χ2v) is 8.06. The summed E-state index contributed by atoms with van der Waals surface area (Å²) in [6.07, 6.45) is 0. The number of nitrogens with zero attached hydrogens (tertiary/aromatic N) is 4. The molecule has 0 N–H and O–H groups in total. The fraction of sp³-hybridized carbons (Fsp3) is 0.444. The summed E-state index contributed by atoms with van der Waals surface area (Å²) in [4.78, 5) is 4.47. The number of benzene rings is 1. The van der Waals surface area contributed by atoms with Gasteiger partial charge in [0.05, 0.1) is 17.4 Å². The van der Waals surface area contributed by atoms with Crippen molar-refractivity contribution in [3.63, 3.8) is 0 Å².